The van der Waals surface area contributed by atoms with Gasteiger partial charge in [0.05, 0.1) is 17.4 Å². The molecule has 2 atom stereocenters. The Kier molecular flexibility index (Phi) is 7.63. The molecule has 3 aliphatic heterocycles. The van der Waals surface area contributed by atoms with Gasteiger partial charge in [-0.3, -0.25) is 19.5 Å². The number of aromatic nitrogens is 1. The van der Waals surface area contributed by atoms with Gasteiger partial charge in [0.25, 0.3) is 5.91 Å². The number of aliphatic hydroxyl groups excluding tert-OH is 1. The summed E-state index contributed by atoms with van der Waals surface area (Å²) in [6.07, 6.45) is 2.41. The molecule has 0 bridgehead atoms. The highest BCUT2D eigenvalue weighted by Crippen LogP contribution is 2.34. The number of amides is 1. The number of aliphatic hydroxyl groups is 1. The molecule has 1 aromatic heterocycles. The zero-order valence-corrected chi connectivity index (χ0v) is 19.4. The first kappa shape index (κ1) is 25.3. The maximum atomic E-state index is 12.9. The lowest BCUT2D eigenvalue weighted by Gasteiger charge is -2.47. The van der Waals surface area contributed by atoms with Gasteiger partial charge in [-0.1, -0.05) is 18.2 Å². The van der Waals surface area contributed by atoms with Crippen molar-refractivity contribution in [2.24, 2.45) is 10.7 Å². The van der Waals surface area contributed by atoms with E-state index >= 15 is 0 Å². The Morgan fingerprint density at radius 2 is 1.89 bits per heavy atom. The molecular weight excluding hydrogens is 469 g/mol. The highest BCUT2D eigenvalue weighted by atomic mass is 19.1. The molecule has 188 valence electrons. The second kappa shape index (κ2) is 10.9. The third-order valence-corrected chi connectivity index (χ3v) is 6.27. The van der Waals surface area contributed by atoms with Crippen molar-refractivity contribution in [1.82, 2.24) is 14.8 Å². The first-order valence-electron chi connectivity index (χ1n) is 11.5. The summed E-state index contributed by atoms with van der Waals surface area (Å²) in [5.74, 6) is -3.22. The van der Waals surface area contributed by atoms with Gasteiger partial charge in [0.15, 0.2) is 11.8 Å². The van der Waals surface area contributed by atoms with Crippen LogP contribution in [0.25, 0.3) is 0 Å². The van der Waals surface area contributed by atoms with E-state index in [4.69, 9.17) is 10.8 Å². The number of rotatable bonds is 4. The van der Waals surface area contributed by atoms with Gasteiger partial charge in [-0.2, -0.15) is 0 Å². The van der Waals surface area contributed by atoms with Gasteiger partial charge >= 0.3 is 5.97 Å². The fourth-order valence-electron chi connectivity index (χ4n) is 4.49. The molecule has 2 unspecified atom stereocenters. The number of nitrogens with two attached hydrogens (primary N) is 1. The Hall–Kier alpha value is -3.80. The number of carboxylic acids is 1. The Balaban J connectivity index is 0.000000286. The second-order valence-electron chi connectivity index (χ2n) is 8.59. The number of pyridine rings is 1. The molecular formula is C25H26FN5O5. The van der Waals surface area contributed by atoms with Gasteiger partial charge in [0, 0.05) is 45.0 Å². The number of hydrogen-bond acceptors (Lipinski definition) is 8. The molecule has 3 aliphatic rings. The number of fused-ring (bicyclic) bond motifs is 1. The van der Waals surface area contributed by atoms with Crippen molar-refractivity contribution < 1.29 is 29.0 Å². The maximum Gasteiger partial charge on any atom is 0.358 e. The standard InChI is InChI=1S/C18H18N4O5.C7H8FN/c23-15-13-11(20-14(16(15)24)18(26)27)7-12-21(5-2-6-22(12)17(13)25)9-10-3-1-4-19-8-10;8-7-3-1-6(5-9)2-4-7/h1,3-4,8,12,15,23H,2,5-7,9H2,(H,26,27);1-4H,5,9H2. The summed E-state index contributed by atoms with van der Waals surface area (Å²) in [6, 6.07) is 9.95. The van der Waals surface area contributed by atoms with Crippen molar-refractivity contribution in [3.8, 4) is 0 Å². The Labute approximate surface area is 206 Å². The van der Waals surface area contributed by atoms with Crippen LogP contribution in [-0.2, 0) is 27.5 Å². The Morgan fingerprint density at radius 3 is 2.53 bits per heavy atom. The fourth-order valence-corrected chi connectivity index (χ4v) is 4.49. The quantitative estimate of drug-likeness (QED) is 0.565. The van der Waals surface area contributed by atoms with E-state index in [1.165, 1.54) is 12.1 Å². The predicted octanol–water partition coefficient (Wildman–Crippen LogP) is 0.853. The van der Waals surface area contributed by atoms with Crippen molar-refractivity contribution in [2.45, 2.75) is 38.2 Å². The molecule has 0 aliphatic carbocycles. The third kappa shape index (κ3) is 5.23. The van der Waals surface area contributed by atoms with Crippen molar-refractivity contribution in [2.75, 3.05) is 13.1 Å². The summed E-state index contributed by atoms with van der Waals surface area (Å²) >= 11 is 0. The molecule has 1 fully saturated rings. The first-order chi connectivity index (χ1) is 17.3. The van der Waals surface area contributed by atoms with Gasteiger partial charge in [0.2, 0.25) is 5.78 Å². The van der Waals surface area contributed by atoms with E-state index in [1.807, 2.05) is 12.1 Å². The van der Waals surface area contributed by atoms with Crippen LogP contribution in [0, 0.1) is 5.82 Å². The van der Waals surface area contributed by atoms with Crippen LogP contribution in [-0.4, -0.2) is 73.7 Å². The number of ketones is 1. The zero-order valence-electron chi connectivity index (χ0n) is 19.4. The molecule has 1 saturated heterocycles. The topological polar surface area (TPSA) is 149 Å². The van der Waals surface area contributed by atoms with Crippen LogP contribution >= 0.6 is 0 Å². The smallest absolute Gasteiger partial charge is 0.358 e. The highest BCUT2D eigenvalue weighted by molar-refractivity contribution is 6.66. The van der Waals surface area contributed by atoms with Gasteiger partial charge in [-0.05, 0) is 35.7 Å². The van der Waals surface area contributed by atoms with Crippen molar-refractivity contribution in [1.29, 1.82) is 0 Å². The molecule has 4 heterocycles. The summed E-state index contributed by atoms with van der Waals surface area (Å²) in [5.41, 5.74) is 6.60. The molecule has 4 N–H and O–H groups in total. The first-order valence-corrected chi connectivity index (χ1v) is 11.5. The summed E-state index contributed by atoms with van der Waals surface area (Å²) in [4.78, 5) is 48.0. The van der Waals surface area contributed by atoms with Gasteiger partial charge in [-0.25, -0.2) is 14.2 Å². The zero-order chi connectivity index (χ0) is 25.8. The van der Waals surface area contributed by atoms with Crippen LogP contribution < -0.4 is 5.73 Å². The third-order valence-electron chi connectivity index (χ3n) is 6.27. The van der Waals surface area contributed by atoms with E-state index < -0.39 is 29.5 Å². The lowest BCUT2D eigenvalue weighted by Crippen LogP contribution is -2.60. The van der Waals surface area contributed by atoms with Gasteiger partial charge < -0.3 is 20.8 Å². The maximum absolute atomic E-state index is 12.9. The van der Waals surface area contributed by atoms with E-state index in [0.717, 1.165) is 24.1 Å². The van der Waals surface area contributed by atoms with Crippen LogP contribution in [0.2, 0.25) is 0 Å². The fraction of sp³-hybridized carbons (Fsp3) is 0.320. The summed E-state index contributed by atoms with van der Waals surface area (Å²) in [5, 5.41) is 19.4. The molecule has 11 heteroatoms. The van der Waals surface area contributed by atoms with Crippen molar-refractivity contribution in [3.05, 3.63) is 77.0 Å². The number of Topliss-reactive ketones (excluding diaryl/α,β-unsaturated/α-hetero) is 1. The SMILES string of the molecule is NCc1ccc(F)cc1.O=C(O)C1=NC2=C(C(=O)N3CCCN(Cc4cccnc4)C3C2)C(O)C1=O. The number of benzene rings is 1. The normalized spacial score (nSPS) is 21.8. The van der Waals surface area contributed by atoms with Crippen LogP contribution in [0.3, 0.4) is 0 Å². The molecule has 10 nitrogen and oxygen atoms in total. The van der Waals surface area contributed by atoms with E-state index in [1.54, 1.807) is 29.4 Å². The van der Waals surface area contributed by atoms with Crippen LogP contribution in [0.5, 0.6) is 0 Å². The minimum absolute atomic E-state index is 0.0931. The summed E-state index contributed by atoms with van der Waals surface area (Å²) < 4.78 is 12.2. The number of aliphatic imine (C=N–C) groups is 1. The highest BCUT2D eigenvalue weighted by Gasteiger charge is 2.46. The minimum Gasteiger partial charge on any atom is -0.476 e. The van der Waals surface area contributed by atoms with E-state index in [9.17, 15) is 23.9 Å². The van der Waals surface area contributed by atoms with Crippen molar-refractivity contribution in [3.63, 3.8) is 0 Å². The van der Waals surface area contributed by atoms with Crippen LogP contribution in [0.4, 0.5) is 4.39 Å². The van der Waals surface area contributed by atoms with Crippen LogP contribution in [0.15, 0.2) is 65.1 Å². The molecule has 0 radical (unpaired) electrons. The molecule has 0 saturated carbocycles. The van der Waals surface area contributed by atoms with E-state index in [2.05, 4.69) is 14.9 Å². The predicted molar refractivity (Wildman–Crippen MR) is 127 cm³/mol. The number of carbonyl (C=O) groups is 3. The van der Waals surface area contributed by atoms with Crippen LogP contribution in [0.1, 0.15) is 24.0 Å². The number of carbonyl (C=O) groups excluding carboxylic acids is 2. The summed E-state index contributed by atoms with van der Waals surface area (Å²) in [7, 11) is 0. The largest absolute Gasteiger partial charge is 0.476 e. The van der Waals surface area contributed by atoms with E-state index in [0.29, 0.717) is 19.6 Å². The van der Waals surface area contributed by atoms with E-state index in [-0.39, 0.29) is 29.7 Å². The average Bonchev–Trinajstić information content (AvgIpc) is 2.88. The Bertz CT molecular complexity index is 1220. The molecule has 0 spiro atoms. The molecule has 1 aromatic carbocycles. The minimum atomic E-state index is -1.77. The lowest BCUT2D eigenvalue weighted by atomic mass is 9.90. The number of hydrogen-bond donors (Lipinski definition) is 3. The number of halogens is 1. The Morgan fingerprint density at radius 1 is 1.14 bits per heavy atom. The van der Waals surface area contributed by atoms with Crippen molar-refractivity contribution >= 4 is 23.4 Å². The molecule has 36 heavy (non-hydrogen) atoms. The molecule has 5 rings (SSSR count). The number of nitrogens with zero attached hydrogens (tertiary/aromatic N) is 4. The number of carboxylic acid groups (broad SMARTS) is 1. The lowest BCUT2D eigenvalue weighted by molar-refractivity contribution is -0.142. The number of aliphatic carboxylic acids is 1. The summed E-state index contributed by atoms with van der Waals surface area (Å²) in [6.45, 7) is 2.34. The van der Waals surface area contributed by atoms with Gasteiger partial charge in [0.1, 0.15) is 5.82 Å². The van der Waals surface area contributed by atoms with Gasteiger partial charge in [-0.15, -0.1) is 0 Å². The second-order valence-corrected chi connectivity index (χ2v) is 8.59. The monoisotopic (exact) mass is 495 g/mol. The average molecular weight is 496 g/mol. The molecule has 2 aromatic rings. The molecule has 1 amide bonds.